The second-order valence-corrected chi connectivity index (χ2v) is 5.52. The van der Waals surface area contributed by atoms with Crippen molar-refractivity contribution < 1.29 is 14.7 Å². The van der Waals surface area contributed by atoms with Crippen LogP contribution in [0.2, 0.25) is 0 Å². The van der Waals surface area contributed by atoms with Gasteiger partial charge in [0.2, 0.25) is 0 Å². The van der Waals surface area contributed by atoms with E-state index in [2.05, 4.69) is 15.9 Å². The van der Waals surface area contributed by atoms with E-state index in [0.717, 1.165) is 10.0 Å². The number of hydrogen-bond donors (Lipinski definition) is 1. The van der Waals surface area contributed by atoms with E-state index in [-0.39, 0.29) is 12.5 Å². The van der Waals surface area contributed by atoms with Gasteiger partial charge in [0, 0.05) is 23.1 Å². The number of carboxylic acid groups (broad SMARTS) is 1. The molecule has 0 heterocycles. The Morgan fingerprint density at radius 1 is 1.37 bits per heavy atom. The summed E-state index contributed by atoms with van der Waals surface area (Å²) in [4.78, 5) is 24.8. The van der Waals surface area contributed by atoms with Gasteiger partial charge in [0.25, 0.3) is 5.91 Å². The van der Waals surface area contributed by atoms with E-state index in [1.54, 1.807) is 24.0 Å². The van der Waals surface area contributed by atoms with Crippen LogP contribution in [0.15, 0.2) is 22.7 Å². The molecule has 1 aromatic carbocycles. The molecule has 5 heteroatoms. The van der Waals surface area contributed by atoms with Crippen LogP contribution < -0.4 is 0 Å². The van der Waals surface area contributed by atoms with Gasteiger partial charge in [0.15, 0.2) is 0 Å². The fourth-order valence-corrected chi connectivity index (χ4v) is 2.41. The number of aliphatic carboxylic acids is 1. The van der Waals surface area contributed by atoms with Crippen LogP contribution in [0.5, 0.6) is 0 Å². The SMILES string of the molecule is CCN(CC(C)C(=O)O)C(=O)c1cc(C)cc(Br)c1. The number of carboxylic acids is 1. The van der Waals surface area contributed by atoms with E-state index < -0.39 is 11.9 Å². The largest absolute Gasteiger partial charge is 0.481 e. The van der Waals surface area contributed by atoms with E-state index >= 15 is 0 Å². The molecule has 0 saturated heterocycles. The Bertz CT molecular complexity index is 467. The van der Waals surface area contributed by atoms with Gasteiger partial charge in [-0.2, -0.15) is 0 Å². The zero-order valence-corrected chi connectivity index (χ0v) is 12.9. The van der Waals surface area contributed by atoms with Gasteiger partial charge in [-0.15, -0.1) is 0 Å². The number of aryl methyl sites for hydroxylation is 1. The summed E-state index contributed by atoms with van der Waals surface area (Å²) in [7, 11) is 0. The molecule has 4 nitrogen and oxygen atoms in total. The molecule has 0 fully saturated rings. The van der Waals surface area contributed by atoms with E-state index in [4.69, 9.17) is 5.11 Å². The molecule has 19 heavy (non-hydrogen) atoms. The van der Waals surface area contributed by atoms with Crippen LogP contribution in [0.3, 0.4) is 0 Å². The highest BCUT2D eigenvalue weighted by atomic mass is 79.9. The van der Waals surface area contributed by atoms with Crippen LogP contribution in [0.25, 0.3) is 0 Å². The lowest BCUT2D eigenvalue weighted by atomic mass is 10.1. The smallest absolute Gasteiger partial charge is 0.308 e. The lowest BCUT2D eigenvalue weighted by molar-refractivity contribution is -0.141. The molecule has 0 aliphatic rings. The fraction of sp³-hybridized carbons (Fsp3) is 0.429. The Labute approximate surface area is 121 Å². The topological polar surface area (TPSA) is 57.6 Å². The number of carbonyl (C=O) groups excluding carboxylic acids is 1. The molecule has 0 aliphatic heterocycles. The average molecular weight is 328 g/mol. The second kappa shape index (κ2) is 6.70. The molecule has 1 rings (SSSR count). The molecule has 0 radical (unpaired) electrons. The highest BCUT2D eigenvalue weighted by molar-refractivity contribution is 9.10. The van der Waals surface area contributed by atoms with E-state index in [1.165, 1.54) is 0 Å². The van der Waals surface area contributed by atoms with Gasteiger partial charge in [0.05, 0.1) is 5.92 Å². The van der Waals surface area contributed by atoms with Crippen LogP contribution >= 0.6 is 15.9 Å². The van der Waals surface area contributed by atoms with E-state index in [9.17, 15) is 9.59 Å². The summed E-state index contributed by atoms with van der Waals surface area (Å²) in [5.74, 6) is -1.60. The number of hydrogen-bond acceptors (Lipinski definition) is 2. The van der Waals surface area contributed by atoms with Crippen molar-refractivity contribution in [3.05, 3.63) is 33.8 Å². The number of halogens is 1. The number of carbonyl (C=O) groups is 2. The number of amides is 1. The third-order valence-electron chi connectivity index (χ3n) is 2.87. The van der Waals surface area contributed by atoms with Crippen molar-refractivity contribution in [1.82, 2.24) is 4.90 Å². The van der Waals surface area contributed by atoms with Gasteiger partial charge in [0.1, 0.15) is 0 Å². The molecule has 0 saturated carbocycles. The zero-order valence-electron chi connectivity index (χ0n) is 11.3. The van der Waals surface area contributed by atoms with Crippen molar-refractivity contribution in [1.29, 1.82) is 0 Å². The summed E-state index contributed by atoms with van der Waals surface area (Å²) in [6, 6.07) is 5.48. The molecule has 1 amide bonds. The molecule has 0 spiro atoms. The van der Waals surface area contributed by atoms with Crippen molar-refractivity contribution >= 4 is 27.8 Å². The van der Waals surface area contributed by atoms with Crippen LogP contribution in [-0.4, -0.2) is 35.0 Å². The molecule has 104 valence electrons. The van der Waals surface area contributed by atoms with Crippen LogP contribution in [-0.2, 0) is 4.79 Å². The predicted molar refractivity (Wildman–Crippen MR) is 77.3 cm³/mol. The molecular formula is C14H18BrNO3. The quantitative estimate of drug-likeness (QED) is 0.904. The number of benzene rings is 1. The maximum Gasteiger partial charge on any atom is 0.308 e. The molecule has 1 aromatic rings. The minimum atomic E-state index is -0.892. The van der Waals surface area contributed by atoms with Gasteiger partial charge in [-0.25, -0.2) is 0 Å². The maximum absolute atomic E-state index is 12.4. The van der Waals surface area contributed by atoms with Crippen molar-refractivity contribution in [2.45, 2.75) is 20.8 Å². The summed E-state index contributed by atoms with van der Waals surface area (Å²) < 4.78 is 0.846. The van der Waals surface area contributed by atoms with Crippen molar-refractivity contribution in [3.63, 3.8) is 0 Å². The molecule has 0 bridgehead atoms. The van der Waals surface area contributed by atoms with Gasteiger partial charge < -0.3 is 10.0 Å². The first kappa shape index (κ1) is 15.7. The minimum absolute atomic E-state index is 0.139. The standard InChI is InChI=1S/C14H18BrNO3/c1-4-16(8-10(3)14(18)19)13(17)11-5-9(2)6-12(15)7-11/h5-7,10H,4,8H2,1-3H3,(H,18,19). The Kier molecular flexibility index (Phi) is 5.54. The van der Waals surface area contributed by atoms with Crippen LogP contribution in [0, 0.1) is 12.8 Å². The zero-order chi connectivity index (χ0) is 14.6. The lowest BCUT2D eigenvalue weighted by Gasteiger charge is -2.23. The second-order valence-electron chi connectivity index (χ2n) is 4.60. The van der Waals surface area contributed by atoms with Gasteiger partial charge in [-0.1, -0.05) is 22.9 Å². The van der Waals surface area contributed by atoms with E-state index in [0.29, 0.717) is 12.1 Å². The molecule has 1 atom stereocenters. The first-order valence-electron chi connectivity index (χ1n) is 6.14. The maximum atomic E-state index is 12.4. The van der Waals surface area contributed by atoms with Gasteiger partial charge >= 0.3 is 5.97 Å². The first-order valence-corrected chi connectivity index (χ1v) is 6.93. The Morgan fingerprint density at radius 3 is 2.47 bits per heavy atom. The number of nitrogens with zero attached hydrogens (tertiary/aromatic N) is 1. The summed E-state index contributed by atoms with van der Waals surface area (Å²) >= 11 is 3.36. The minimum Gasteiger partial charge on any atom is -0.481 e. The Balaban J connectivity index is 2.92. The van der Waals surface area contributed by atoms with Crippen molar-refractivity contribution in [3.8, 4) is 0 Å². The summed E-state index contributed by atoms with van der Waals surface area (Å²) in [5, 5.41) is 8.92. The summed E-state index contributed by atoms with van der Waals surface area (Å²) in [5.41, 5.74) is 1.56. The van der Waals surface area contributed by atoms with Gasteiger partial charge in [-0.3, -0.25) is 9.59 Å². The lowest BCUT2D eigenvalue weighted by Crippen LogP contribution is -2.36. The highest BCUT2D eigenvalue weighted by Gasteiger charge is 2.20. The van der Waals surface area contributed by atoms with Crippen LogP contribution in [0.1, 0.15) is 29.8 Å². The van der Waals surface area contributed by atoms with Crippen molar-refractivity contribution in [2.24, 2.45) is 5.92 Å². The van der Waals surface area contributed by atoms with Gasteiger partial charge in [-0.05, 0) is 37.6 Å². The number of rotatable bonds is 5. The molecule has 1 N–H and O–H groups in total. The third kappa shape index (κ3) is 4.35. The van der Waals surface area contributed by atoms with E-state index in [1.807, 2.05) is 19.9 Å². The molecular weight excluding hydrogens is 310 g/mol. The molecule has 0 aromatic heterocycles. The highest BCUT2D eigenvalue weighted by Crippen LogP contribution is 2.17. The molecule has 1 unspecified atom stereocenters. The Morgan fingerprint density at radius 2 is 2.00 bits per heavy atom. The monoisotopic (exact) mass is 327 g/mol. The van der Waals surface area contributed by atoms with Crippen molar-refractivity contribution in [2.75, 3.05) is 13.1 Å². The summed E-state index contributed by atoms with van der Waals surface area (Å²) in [6.45, 7) is 6.07. The Hall–Kier alpha value is -1.36. The fourth-order valence-electron chi connectivity index (χ4n) is 1.81. The predicted octanol–water partition coefficient (Wildman–Crippen LogP) is 2.94. The normalized spacial score (nSPS) is 12.0. The average Bonchev–Trinajstić information content (AvgIpc) is 2.33. The first-order chi connectivity index (χ1) is 8.85. The van der Waals surface area contributed by atoms with Crippen LogP contribution in [0.4, 0.5) is 0 Å². The third-order valence-corrected chi connectivity index (χ3v) is 3.33. The summed E-state index contributed by atoms with van der Waals surface area (Å²) in [6.07, 6.45) is 0. The molecule has 0 aliphatic carbocycles.